The average Bonchev–Trinajstić information content (AvgIpc) is 2.85. The molecule has 194 valence electrons. The lowest BCUT2D eigenvalue weighted by Gasteiger charge is -2.24. The molecule has 0 aromatic heterocycles. The second kappa shape index (κ2) is 14.1. The fraction of sp³-hybridized carbons (Fsp3) is 0.414. The van der Waals surface area contributed by atoms with E-state index in [-0.39, 0.29) is 6.54 Å². The summed E-state index contributed by atoms with van der Waals surface area (Å²) in [5.74, 6) is -0.995. The smallest absolute Gasteiger partial charge is 0.410 e. The molecule has 0 fully saturated rings. The van der Waals surface area contributed by atoms with Gasteiger partial charge >= 0.3 is 18.0 Å². The summed E-state index contributed by atoms with van der Waals surface area (Å²) in [7, 11) is 1.29. The SMILES string of the molecule is CCCCOC(=O)N(CCc1ccccc1)Cc1ccc(C(=O)OC(C)(C)C)cc1C=CC(=O)OC. The van der Waals surface area contributed by atoms with Gasteiger partial charge in [0.1, 0.15) is 5.60 Å². The van der Waals surface area contributed by atoms with Crippen LogP contribution in [0.1, 0.15) is 67.6 Å². The maximum atomic E-state index is 12.9. The van der Waals surface area contributed by atoms with Crippen LogP contribution in [0.2, 0.25) is 0 Å². The van der Waals surface area contributed by atoms with Crippen LogP contribution < -0.4 is 0 Å². The van der Waals surface area contributed by atoms with Gasteiger partial charge in [-0.25, -0.2) is 14.4 Å². The normalized spacial score (nSPS) is 11.2. The van der Waals surface area contributed by atoms with E-state index in [4.69, 9.17) is 14.2 Å². The summed E-state index contributed by atoms with van der Waals surface area (Å²) in [4.78, 5) is 39.0. The topological polar surface area (TPSA) is 82.1 Å². The molecule has 0 aliphatic carbocycles. The highest BCUT2D eigenvalue weighted by molar-refractivity contribution is 5.92. The van der Waals surface area contributed by atoms with Gasteiger partial charge in [-0.1, -0.05) is 49.7 Å². The molecule has 1 amide bonds. The molecule has 2 aromatic rings. The molecule has 0 aliphatic heterocycles. The zero-order valence-electron chi connectivity index (χ0n) is 21.9. The highest BCUT2D eigenvalue weighted by Gasteiger charge is 2.21. The van der Waals surface area contributed by atoms with Gasteiger partial charge in [0.05, 0.1) is 19.3 Å². The Kier molecular flexibility index (Phi) is 11.2. The minimum atomic E-state index is -0.645. The number of carbonyl (C=O) groups excluding carboxylic acids is 3. The molecule has 0 bridgehead atoms. The average molecular weight is 496 g/mol. The van der Waals surface area contributed by atoms with Crippen molar-refractivity contribution in [2.75, 3.05) is 20.3 Å². The number of esters is 2. The summed E-state index contributed by atoms with van der Waals surface area (Å²) < 4.78 is 15.7. The van der Waals surface area contributed by atoms with E-state index < -0.39 is 23.6 Å². The number of benzene rings is 2. The molecule has 0 aliphatic rings. The zero-order valence-corrected chi connectivity index (χ0v) is 21.9. The first-order valence-corrected chi connectivity index (χ1v) is 12.2. The Morgan fingerprint density at radius 3 is 2.39 bits per heavy atom. The van der Waals surface area contributed by atoms with Crippen molar-refractivity contribution >= 4 is 24.1 Å². The minimum absolute atomic E-state index is 0.243. The van der Waals surface area contributed by atoms with Gasteiger partial charge < -0.3 is 19.1 Å². The summed E-state index contributed by atoms with van der Waals surface area (Å²) in [6.45, 7) is 8.47. The molecule has 0 heterocycles. The van der Waals surface area contributed by atoms with Crippen LogP contribution in [-0.4, -0.2) is 48.8 Å². The van der Waals surface area contributed by atoms with Gasteiger partial charge in [-0.05, 0) is 68.5 Å². The van der Waals surface area contributed by atoms with Crippen molar-refractivity contribution in [2.45, 2.75) is 59.1 Å². The highest BCUT2D eigenvalue weighted by atomic mass is 16.6. The molecule has 0 unspecified atom stereocenters. The standard InChI is InChI=1S/C29H37NO6/c1-6-7-19-35-28(33)30(18-17-22-11-9-8-10-12-22)21-25-14-13-24(27(32)36-29(2,3)4)20-23(25)15-16-26(31)34-5/h8-16,20H,6-7,17-19,21H2,1-5H3. The van der Waals surface area contributed by atoms with Gasteiger partial charge in [-0.3, -0.25) is 0 Å². The van der Waals surface area contributed by atoms with Crippen LogP contribution >= 0.6 is 0 Å². The quantitative estimate of drug-likeness (QED) is 0.169. The van der Waals surface area contributed by atoms with Crippen molar-refractivity contribution in [3.8, 4) is 0 Å². The van der Waals surface area contributed by atoms with Crippen LogP contribution in [0.15, 0.2) is 54.6 Å². The predicted octanol–water partition coefficient (Wildman–Crippen LogP) is 5.81. The monoisotopic (exact) mass is 495 g/mol. The van der Waals surface area contributed by atoms with Gasteiger partial charge in [0.15, 0.2) is 0 Å². The maximum absolute atomic E-state index is 12.9. The summed E-state index contributed by atoms with van der Waals surface area (Å²) in [6, 6.07) is 15.0. The Morgan fingerprint density at radius 1 is 1.03 bits per heavy atom. The Morgan fingerprint density at radius 2 is 1.75 bits per heavy atom. The third-order valence-corrected chi connectivity index (χ3v) is 5.24. The van der Waals surface area contributed by atoms with Crippen molar-refractivity contribution < 1.29 is 28.6 Å². The lowest BCUT2D eigenvalue weighted by Crippen LogP contribution is -2.33. The molecule has 0 atom stereocenters. The van der Waals surface area contributed by atoms with E-state index >= 15 is 0 Å². The molecule has 0 saturated heterocycles. The Bertz CT molecular complexity index is 1040. The molecule has 7 nitrogen and oxygen atoms in total. The molecule has 2 aromatic carbocycles. The number of nitrogens with zero attached hydrogens (tertiary/aromatic N) is 1. The first-order valence-electron chi connectivity index (χ1n) is 12.2. The van der Waals surface area contributed by atoms with E-state index in [0.29, 0.717) is 30.7 Å². The molecule has 0 N–H and O–H groups in total. The number of carbonyl (C=O) groups is 3. The summed E-state index contributed by atoms with van der Waals surface area (Å²) in [6.07, 6.45) is 4.83. The van der Waals surface area contributed by atoms with E-state index in [1.165, 1.54) is 13.2 Å². The van der Waals surface area contributed by atoms with Crippen molar-refractivity contribution in [3.05, 3.63) is 76.9 Å². The molecule has 0 saturated carbocycles. The molecule has 0 spiro atoms. The van der Waals surface area contributed by atoms with Gasteiger partial charge in [-0.2, -0.15) is 0 Å². The van der Waals surface area contributed by atoms with Crippen LogP contribution in [0.5, 0.6) is 0 Å². The summed E-state index contributed by atoms with van der Waals surface area (Å²) in [5.41, 5.74) is 2.17. The molecular weight excluding hydrogens is 458 g/mol. The predicted molar refractivity (Wildman–Crippen MR) is 139 cm³/mol. The van der Waals surface area contributed by atoms with E-state index in [9.17, 15) is 14.4 Å². The van der Waals surface area contributed by atoms with Gasteiger partial charge in [-0.15, -0.1) is 0 Å². The Hall–Kier alpha value is -3.61. The van der Waals surface area contributed by atoms with E-state index in [1.54, 1.807) is 49.9 Å². The van der Waals surface area contributed by atoms with Crippen molar-refractivity contribution in [3.63, 3.8) is 0 Å². The second-order valence-electron chi connectivity index (χ2n) is 9.40. The van der Waals surface area contributed by atoms with Gasteiger partial charge in [0.25, 0.3) is 0 Å². The number of rotatable bonds is 11. The van der Waals surface area contributed by atoms with E-state index in [0.717, 1.165) is 24.0 Å². The minimum Gasteiger partial charge on any atom is -0.466 e. The van der Waals surface area contributed by atoms with Crippen LogP contribution in [0.4, 0.5) is 4.79 Å². The molecule has 2 rings (SSSR count). The Labute approximate surface area is 214 Å². The van der Waals surface area contributed by atoms with Crippen molar-refractivity contribution in [1.29, 1.82) is 0 Å². The zero-order chi connectivity index (χ0) is 26.6. The lowest BCUT2D eigenvalue weighted by atomic mass is 10.0. The lowest BCUT2D eigenvalue weighted by molar-refractivity contribution is -0.134. The van der Waals surface area contributed by atoms with Gasteiger partial charge in [0, 0.05) is 19.2 Å². The Balaban J connectivity index is 2.34. The molecular formula is C29H37NO6. The fourth-order valence-corrected chi connectivity index (χ4v) is 3.33. The van der Waals surface area contributed by atoms with E-state index in [1.807, 2.05) is 37.3 Å². The fourth-order valence-electron chi connectivity index (χ4n) is 3.33. The van der Waals surface area contributed by atoms with Crippen LogP contribution in [-0.2, 0) is 32.0 Å². The number of ether oxygens (including phenoxy) is 3. The first-order chi connectivity index (χ1) is 17.1. The number of unbranched alkanes of at least 4 members (excludes halogenated alkanes) is 1. The second-order valence-corrected chi connectivity index (χ2v) is 9.40. The van der Waals surface area contributed by atoms with Gasteiger partial charge in [0.2, 0.25) is 0 Å². The number of amides is 1. The summed E-state index contributed by atoms with van der Waals surface area (Å²) in [5, 5.41) is 0. The number of hydrogen-bond donors (Lipinski definition) is 0. The van der Waals surface area contributed by atoms with Crippen LogP contribution in [0.3, 0.4) is 0 Å². The maximum Gasteiger partial charge on any atom is 0.410 e. The van der Waals surface area contributed by atoms with E-state index in [2.05, 4.69) is 0 Å². The molecule has 36 heavy (non-hydrogen) atoms. The molecule has 7 heteroatoms. The third-order valence-electron chi connectivity index (χ3n) is 5.24. The van der Waals surface area contributed by atoms with Crippen molar-refractivity contribution in [1.82, 2.24) is 4.90 Å². The summed E-state index contributed by atoms with van der Waals surface area (Å²) >= 11 is 0. The number of hydrogen-bond acceptors (Lipinski definition) is 6. The van der Waals surface area contributed by atoms with Crippen LogP contribution in [0.25, 0.3) is 6.08 Å². The highest BCUT2D eigenvalue weighted by Crippen LogP contribution is 2.20. The molecule has 0 radical (unpaired) electrons. The first kappa shape index (κ1) is 28.6. The van der Waals surface area contributed by atoms with Crippen LogP contribution in [0, 0.1) is 0 Å². The van der Waals surface area contributed by atoms with Crippen molar-refractivity contribution in [2.24, 2.45) is 0 Å². The largest absolute Gasteiger partial charge is 0.466 e. The third kappa shape index (κ3) is 9.94. The number of methoxy groups -OCH3 is 1.